The summed E-state index contributed by atoms with van der Waals surface area (Å²) in [4.78, 5) is 0. The summed E-state index contributed by atoms with van der Waals surface area (Å²) in [6.45, 7) is 1.99. The van der Waals surface area contributed by atoms with Gasteiger partial charge in [-0.2, -0.15) is 5.26 Å². The van der Waals surface area contributed by atoms with Crippen LogP contribution in [-0.2, 0) is 6.42 Å². The fourth-order valence-corrected chi connectivity index (χ4v) is 1.54. The molecule has 0 aliphatic carbocycles. The number of rotatable bonds is 4. The third-order valence-electron chi connectivity index (χ3n) is 2.24. The number of nitrogens with zero attached hydrogens (tertiary/aromatic N) is 1. The first-order chi connectivity index (χ1) is 7.22. The zero-order valence-corrected chi connectivity index (χ0v) is 9.33. The molecule has 0 N–H and O–H groups in total. The molecule has 0 bridgehead atoms. The standard InChI is InChI=1S/C12H15NO2/c1-9-7-11(14-2)10(5-4-6-13)12(8-9)15-3/h7-8H,4-5H2,1-3H3. The molecule has 15 heavy (non-hydrogen) atoms. The number of methoxy groups -OCH3 is 2. The van der Waals surface area contributed by atoms with E-state index in [1.54, 1.807) is 14.2 Å². The summed E-state index contributed by atoms with van der Waals surface area (Å²) in [7, 11) is 3.26. The molecule has 0 aromatic heterocycles. The van der Waals surface area contributed by atoms with Crippen LogP contribution in [0.25, 0.3) is 0 Å². The van der Waals surface area contributed by atoms with Crippen LogP contribution in [0.1, 0.15) is 17.5 Å². The Morgan fingerprint density at radius 2 is 1.73 bits per heavy atom. The van der Waals surface area contributed by atoms with Gasteiger partial charge in [-0.1, -0.05) is 0 Å². The van der Waals surface area contributed by atoms with E-state index < -0.39 is 0 Å². The molecule has 0 aliphatic rings. The lowest BCUT2D eigenvalue weighted by atomic mass is 10.1. The average molecular weight is 205 g/mol. The number of hydrogen-bond acceptors (Lipinski definition) is 3. The van der Waals surface area contributed by atoms with Crippen molar-refractivity contribution < 1.29 is 9.47 Å². The van der Waals surface area contributed by atoms with Crippen LogP contribution in [0.15, 0.2) is 12.1 Å². The Bertz CT molecular complexity index is 355. The third kappa shape index (κ3) is 2.63. The van der Waals surface area contributed by atoms with Gasteiger partial charge in [0.25, 0.3) is 0 Å². The van der Waals surface area contributed by atoms with Gasteiger partial charge in [-0.15, -0.1) is 0 Å². The summed E-state index contributed by atoms with van der Waals surface area (Å²) in [5.74, 6) is 1.59. The summed E-state index contributed by atoms with van der Waals surface area (Å²) in [6, 6.07) is 6.03. The van der Waals surface area contributed by atoms with Gasteiger partial charge in [-0.25, -0.2) is 0 Å². The Morgan fingerprint density at radius 1 is 1.20 bits per heavy atom. The molecule has 0 atom stereocenters. The SMILES string of the molecule is COc1cc(C)cc(OC)c1CCC#N. The van der Waals surface area contributed by atoms with Crippen molar-refractivity contribution in [3.05, 3.63) is 23.3 Å². The number of ether oxygens (including phenoxy) is 2. The van der Waals surface area contributed by atoms with Gasteiger partial charge in [0.15, 0.2) is 0 Å². The molecule has 0 spiro atoms. The highest BCUT2D eigenvalue weighted by Crippen LogP contribution is 2.31. The number of benzene rings is 1. The predicted molar refractivity (Wildman–Crippen MR) is 58.2 cm³/mol. The van der Waals surface area contributed by atoms with E-state index in [2.05, 4.69) is 6.07 Å². The predicted octanol–water partition coefficient (Wildman–Crippen LogP) is 2.47. The van der Waals surface area contributed by atoms with Gasteiger partial charge in [0.2, 0.25) is 0 Å². The average Bonchev–Trinajstić information content (AvgIpc) is 2.26. The normalized spacial score (nSPS) is 9.47. The second-order valence-electron chi connectivity index (χ2n) is 3.31. The number of aryl methyl sites for hydroxylation is 1. The molecule has 0 heterocycles. The summed E-state index contributed by atoms with van der Waals surface area (Å²) < 4.78 is 10.6. The minimum Gasteiger partial charge on any atom is -0.496 e. The zero-order valence-electron chi connectivity index (χ0n) is 9.33. The van der Waals surface area contributed by atoms with Crippen LogP contribution in [0.3, 0.4) is 0 Å². The summed E-state index contributed by atoms with van der Waals surface area (Å²) in [6.07, 6.45) is 1.12. The number of nitriles is 1. The summed E-state index contributed by atoms with van der Waals surface area (Å²) in [5.41, 5.74) is 2.05. The van der Waals surface area contributed by atoms with Crippen molar-refractivity contribution in [2.24, 2.45) is 0 Å². The van der Waals surface area contributed by atoms with Crippen molar-refractivity contribution >= 4 is 0 Å². The van der Waals surface area contributed by atoms with Crippen molar-refractivity contribution in [3.63, 3.8) is 0 Å². The maximum absolute atomic E-state index is 8.58. The molecular formula is C12H15NO2. The number of hydrogen-bond donors (Lipinski definition) is 0. The minimum atomic E-state index is 0.468. The molecule has 1 aromatic carbocycles. The van der Waals surface area contributed by atoms with Crippen molar-refractivity contribution in [3.8, 4) is 17.6 Å². The van der Waals surface area contributed by atoms with Gasteiger partial charge in [0.1, 0.15) is 11.5 Å². The first-order valence-electron chi connectivity index (χ1n) is 4.81. The van der Waals surface area contributed by atoms with Gasteiger partial charge < -0.3 is 9.47 Å². The highest BCUT2D eigenvalue weighted by molar-refractivity contribution is 5.48. The Hall–Kier alpha value is -1.69. The van der Waals surface area contributed by atoms with E-state index in [0.29, 0.717) is 12.8 Å². The van der Waals surface area contributed by atoms with Crippen LogP contribution in [-0.4, -0.2) is 14.2 Å². The quantitative estimate of drug-likeness (QED) is 0.758. The van der Waals surface area contributed by atoms with E-state index in [1.807, 2.05) is 19.1 Å². The molecule has 0 radical (unpaired) electrons. The molecule has 1 aromatic rings. The second kappa shape index (κ2) is 5.26. The maximum atomic E-state index is 8.58. The van der Waals surface area contributed by atoms with Gasteiger partial charge in [0.05, 0.1) is 20.3 Å². The summed E-state index contributed by atoms with van der Waals surface area (Å²) >= 11 is 0. The lowest BCUT2D eigenvalue weighted by Gasteiger charge is -2.13. The summed E-state index contributed by atoms with van der Waals surface area (Å²) in [5, 5.41) is 8.58. The smallest absolute Gasteiger partial charge is 0.126 e. The molecular weight excluding hydrogens is 190 g/mol. The minimum absolute atomic E-state index is 0.468. The van der Waals surface area contributed by atoms with Crippen LogP contribution in [0.2, 0.25) is 0 Å². The molecule has 0 aliphatic heterocycles. The largest absolute Gasteiger partial charge is 0.496 e. The molecule has 3 heteroatoms. The van der Waals surface area contributed by atoms with Crippen LogP contribution in [0.4, 0.5) is 0 Å². The fraction of sp³-hybridized carbons (Fsp3) is 0.417. The first-order valence-corrected chi connectivity index (χ1v) is 4.81. The monoisotopic (exact) mass is 205 g/mol. The molecule has 3 nitrogen and oxygen atoms in total. The van der Waals surface area contributed by atoms with Gasteiger partial charge in [0, 0.05) is 12.0 Å². The molecule has 0 saturated carbocycles. The molecule has 0 amide bonds. The van der Waals surface area contributed by atoms with Gasteiger partial charge >= 0.3 is 0 Å². The van der Waals surface area contributed by atoms with E-state index in [9.17, 15) is 0 Å². The lowest BCUT2D eigenvalue weighted by Crippen LogP contribution is -1.97. The zero-order chi connectivity index (χ0) is 11.3. The fourth-order valence-electron chi connectivity index (χ4n) is 1.54. The molecule has 80 valence electrons. The maximum Gasteiger partial charge on any atom is 0.126 e. The van der Waals surface area contributed by atoms with Gasteiger partial charge in [-0.3, -0.25) is 0 Å². The van der Waals surface area contributed by atoms with Crippen molar-refractivity contribution in [2.75, 3.05) is 14.2 Å². The molecule has 0 unspecified atom stereocenters. The van der Waals surface area contributed by atoms with Crippen molar-refractivity contribution in [2.45, 2.75) is 19.8 Å². The van der Waals surface area contributed by atoms with Crippen LogP contribution >= 0.6 is 0 Å². The second-order valence-corrected chi connectivity index (χ2v) is 3.31. The van der Waals surface area contributed by atoms with E-state index >= 15 is 0 Å². The topological polar surface area (TPSA) is 42.2 Å². The molecule has 0 saturated heterocycles. The highest BCUT2D eigenvalue weighted by atomic mass is 16.5. The van der Waals surface area contributed by atoms with Crippen LogP contribution in [0.5, 0.6) is 11.5 Å². The third-order valence-corrected chi connectivity index (χ3v) is 2.24. The van der Waals surface area contributed by atoms with Crippen LogP contribution < -0.4 is 9.47 Å². The Kier molecular flexibility index (Phi) is 3.99. The first kappa shape index (κ1) is 11.4. The molecule has 0 fully saturated rings. The van der Waals surface area contributed by atoms with Crippen molar-refractivity contribution in [1.29, 1.82) is 5.26 Å². The lowest BCUT2D eigenvalue weighted by molar-refractivity contribution is 0.385. The Labute approximate surface area is 90.2 Å². The van der Waals surface area contributed by atoms with Crippen LogP contribution in [0, 0.1) is 18.3 Å². The van der Waals surface area contributed by atoms with E-state index in [1.165, 1.54) is 0 Å². The van der Waals surface area contributed by atoms with Gasteiger partial charge in [-0.05, 0) is 31.0 Å². The molecule has 1 rings (SSSR count). The van der Waals surface area contributed by atoms with E-state index in [4.69, 9.17) is 14.7 Å². The Morgan fingerprint density at radius 3 is 2.13 bits per heavy atom. The van der Waals surface area contributed by atoms with E-state index in [0.717, 1.165) is 22.6 Å². The Balaban J connectivity index is 3.13. The highest BCUT2D eigenvalue weighted by Gasteiger charge is 2.10. The van der Waals surface area contributed by atoms with E-state index in [-0.39, 0.29) is 0 Å². The van der Waals surface area contributed by atoms with Crippen molar-refractivity contribution in [1.82, 2.24) is 0 Å².